The molecule has 1 saturated carbocycles. The highest BCUT2D eigenvalue weighted by molar-refractivity contribution is 5.96. The SMILES string of the molecule is CC1(C)CC1C(=O)Nc1cc([N+](=O)[O-])ccc1O. The maximum absolute atomic E-state index is 11.8. The highest BCUT2D eigenvalue weighted by Gasteiger charge is 2.50. The summed E-state index contributed by atoms with van der Waals surface area (Å²) in [5, 5.41) is 22.7. The van der Waals surface area contributed by atoms with Crippen LogP contribution in [0.3, 0.4) is 0 Å². The average molecular weight is 250 g/mol. The van der Waals surface area contributed by atoms with Gasteiger partial charge in [-0.1, -0.05) is 13.8 Å². The van der Waals surface area contributed by atoms with Gasteiger partial charge in [-0.15, -0.1) is 0 Å². The zero-order valence-corrected chi connectivity index (χ0v) is 10.1. The number of carbonyl (C=O) groups is 1. The van der Waals surface area contributed by atoms with E-state index in [1.165, 1.54) is 12.1 Å². The van der Waals surface area contributed by atoms with E-state index in [1.807, 2.05) is 13.8 Å². The zero-order chi connectivity index (χ0) is 13.5. The van der Waals surface area contributed by atoms with Gasteiger partial charge >= 0.3 is 0 Å². The van der Waals surface area contributed by atoms with Gasteiger partial charge in [-0.05, 0) is 17.9 Å². The number of amides is 1. The molecule has 1 unspecified atom stereocenters. The number of nitro benzene ring substituents is 1. The summed E-state index contributed by atoms with van der Waals surface area (Å²) in [6.45, 7) is 3.95. The third kappa shape index (κ3) is 2.27. The second-order valence-corrected chi connectivity index (χ2v) is 5.19. The summed E-state index contributed by atoms with van der Waals surface area (Å²) in [6.07, 6.45) is 0.786. The van der Waals surface area contributed by atoms with Crippen LogP contribution >= 0.6 is 0 Å². The molecule has 1 amide bonds. The maximum Gasteiger partial charge on any atom is 0.271 e. The molecule has 96 valence electrons. The molecule has 1 atom stereocenters. The van der Waals surface area contributed by atoms with Gasteiger partial charge in [0, 0.05) is 18.1 Å². The Bertz CT molecular complexity index is 525. The molecule has 1 aliphatic rings. The van der Waals surface area contributed by atoms with Crippen molar-refractivity contribution < 1.29 is 14.8 Å². The van der Waals surface area contributed by atoms with Crippen molar-refractivity contribution in [3.63, 3.8) is 0 Å². The van der Waals surface area contributed by atoms with Gasteiger partial charge in [-0.3, -0.25) is 14.9 Å². The quantitative estimate of drug-likeness (QED) is 0.489. The number of nitro groups is 1. The standard InChI is InChI=1S/C12H14N2O4/c1-12(2)6-8(12)11(16)13-9-5-7(14(17)18)3-4-10(9)15/h3-5,8,15H,6H2,1-2H3,(H,13,16). The van der Waals surface area contributed by atoms with Crippen LogP contribution in [0.1, 0.15) is 20.3 Å². The minimum absolute atomic E-state index is 0.0274. The van der Waals surface area contributed by atoms with Crippen LogP contribution in [0.4, 0.5) is 11.4 Å². The van der Waals surface area contributed by atoms with Crippen LogP contribution in [0.2, 0.25) is 0 Å². The number of rotatable bonds is 3. The van der Waals surface area contributed by atoms with E-state index in [4.69, 9.17) is 0 Å². The van der Waals surface area contributed by atoms with Crippen molar-refractivity contribution in [3.8, 4) is 5.75 Å². The molecule has 1 fully saturated rings. The van der Waals surface area contributed by atoms with Gasteiger partial charge in [0.2, 0.25) is 5.91 Å². The predicted octanol–water partition coefficient (Wildman–Crippen LogP) is 2.29. The molecule has 0 saturated heterocycles. The van der Waals surface area contributed by atoms with Crippen molar-refractivity contribution in [3.05, 3.63) is 28.3 Å². The molecule has 0 heterocycles. The third-order valence-corrected chi connectivity index (χ3v) is 3.28. The van der Waals surface area contributed by atoms with Crippen LogP contribution in [-0.4, -0.2) is 15.9 Å². The lowest BCUT2D eigenvalue weighted by atomic mass is 10.1. The van der Waals surface area contributed by atoms with Gasteiger partial charge in [0.05, 0.1) is 10.6 Å². The van der Waals surface area contributed by atoms with Crippen LogP contribution < -0.4 is 5.32 Å². The Hall–Kier alpha value is -2.11. The summed E-state index contributed by atoms with van der Waals surface area (Å²) in [5.41, 5.74) is -0.115. The lowest BCUT2D eigenvalue weighted by molar-refractivity contribution is -0.384. The third-order valence-electron chi connectivity index (χ3n) is 3.28. The van der Waals surface area contributed by atoms with E-state index in [0.717, 1.165) is 12.5 Å². The Morgan fingerprint density at radius 1 is 1.56 bits per heavy atom. The molecule has 18 heavy (non-hydrogen) atoms. The van der Waals surface area contributed by atoms with Crippen molar-refractivity contribution >= 4 is 17.3 Å². The minimum Gasteiger partial charge on any atom is -0.506 e. The van der Waals surface area contributed by atoms with Gasteiger partial charge in [0.15, 0.2) is 0 Å². The van der Waals surface area contributed by atoms with Crippen molar-refractivity contribution in [2.24, 2.45) is 11.3 Å². The normalized spacial score (nSPS) is 20.2. The fourth-order valence-corrected chi connectivity index (χ4v) is 1.87. The Kier molecular flexibility index (Phi) is 2.73. The molecule has 0 bridgehead atoms. The van der Waals surface area contributed by atoms with Gasteiger partial charge in [0.25, 0.3) is 5.69 Å². The summed E-state index contributed by atoms with van der Waals surface area (Å²) >= 11 is 0. The first-order valence-electron chi connectivity index (χ1n) is 5.59. The molecule has 2 rings (SSSR count). The molecule has 0 radical (unpaired) electrons. The number of nitrogens with zero attached hydrogens (tertiary/aromatic N) is 1. The minimum atomic E-state index is -0.573. The molecule has 6 nitrogen and oxygen atoms in total. The summed E-state index contributed by atoms with van der Waals surface area (Å²) in [5.74, 6) is -0.487. The van der Waals surface area contributed by atoms with E-state index < -0.39 is 4.92 Å². The van der Waals surface area contributed by atoms with Gasteiger partial charge < -0.3 is 10.4 Å². The smallest absolute Gasteiger partial charge is 0.271 e. The lowest BCUT2D eigenvalue weighted by Crippen LogP contribution is -2.16. The van der Waals surface area contributed by atoms with Crippen LogP contribution in [0.5, 0.6) is 5.75 Å². The van der Waals surface area contributed by atoms with E-state index in [0.29, 0.717) is 0 Å². The molecular formula is C12H14N2O4. The number of carbonyl (C=O) groups excluding carboxylic acids is 1. The van der Waals surface area contributed by atoms with E-state index in [-0.39, 0.29) is 34.4 Å². The summed E-state index contributed by atoms with van der Waals surface area (Å²) < 4.78 is 0. The molecule has 1 aliphatic carbocycles. The number of phenols is 1. The highest BCUT2D eigenvalue weighted by Crippen LogP contribution is 2.52. The van der Waals surface area contributed by atoms with Crippen molar-refractivity contribution in [2.75, 3.05) is 5.32 Å². The summed E-state index contributed by atoms with van der Waals surface area (Å²) in [4.78, 5) is 21.9. The zero-order valence-electron chi connectivity index (χ0n) is 10.1. The first-order valence-corrected chi connectivity index (χ1v) is 5.59. The Morgan fingerprint density at radius 3 is 2.67 bits per heavy atom. The Labute approximate surface area is 104 Å². The van der Waals surface area contributed by atoms with Gasteiger partial charge in [0.1, 0.15) is 5.75 Å². The molecule has 2 N–H and O–H groups in total. The van der Waals surface area contributed by atoms with E-state index >= 15 is 0 Å². The number of nitrogens with one attached hydrogen (secondary N) is 1. The number of non-ortho nitro benzene ring substituents is 1. The summed E-state index contributed by atoms with van der Waals surface area (Å²) in [7, 11) is 0. The first-order chi connectivity index (χ1) is 8.31. The van der Waals surface area contributed by atoms with E-state index in [9.17, 15) is 20.0 Å². The fourth-order valence-electron chi connectivity index (χ4n) is 1.87. The van der Waals surface area contributed by atoms with Crippen LogP contribution in [-0.2, 0) is 4.79 Å². The average Bonchev–Trinajstić information content (AvgIpc) is 2.90. The molecule has 0 aromatic heterocycles. The number of anilines is 1. The molecular weight excluding hydrogens is 236 g/mol. The lowest BCUT2D eigenvalue weighted by Gasteiger charge is -2.08. The first kappa shape index (κ1) is 12.3. The van der Waals surface area contributed by atoms with E-state index in [1.54, 1.807) is 0 Å². The van der Waals surface area contributed by atoms with Crippen LogP contribution in [0.25, 0.3) is 0 Å². The molecule has 1 aromatic rings. The molecule has 1 aromatic carbocycles. The Morgan fingerprint density at radius 2 is 2.17 bits per heavy atom. The molecule has 0 aliphatic heterocycles. The number of hydrogen-bond acceptors (Lipinski definition) is 4. The topological polar surface area (TPSA) is 92.5 Å². The van der Waals surface area contributed by atoms with Crippen LogP contribution in [0, 0.1) is 21.4 Å². The number of aromatic hydroxyl groups is 1. The number of phenolic OH excluding ortho intramolecular Hbond substituents is 1. The summed E-state index contributed by atoms with van der Waals surface area (Å²) in [6, 6.07) is 3.54. The highest BCUT2D eigenvalue weighted by atomic mass is 16.6. The molecule has 6 heteroatoms. The van der Waals surface area contributed by atoms with Crippen LogP contribution in [0.15, 0.2) is 18.2 Å². The van der Waals surface area contributed by atoms with Crippen molar-refractivity contribution in [1.82, 2.24) is 0 Å². The largest absolute Gasteiger partial charge is 0.506 e. The second kappa shape index (κ2) is 3.97. The maximum atomic E-state index is 11.8. The van der Waals surface area contributed by atoms with Gasteiger partial charge in [-0.2, -0.15) is 0 Å². The Balaban J connectivity index is 2.16. The van der Waals surface area contributed by atoms with Crippen molar-refractivity contribution in [1.29, 1.82) is 0 Å². The van der Waals surface area contributed by atoms with Crippen molar-refractivity contribution in [2.45, 2.75) is 20.3 Å². The number of hydrogen-bond donors (Lipinski definition) is 2. The van der Waals surface area contributed by atoms with E-state index in [2.05, 4.69) is 5.32 Å². The number of benzene rings is 1. The fraction of sp³-hybridized carbons (Fsp3) is 0.417. The predicted molar refractivity (Wildman–Crippen MR) is 65.3 cm³/mol. The second-order valence-electron chi connectivity index (χ2n) is 5.19. The van der Waals surface area contributed by atoms with Gasteiger partial charge in [-0.25, -0.2) is 0 Å². The molecule has 0 spiro atoms. The monoisotopic (exact) mass is 250 g/mol.